The topological polar surface area (TPSA) is 74.5 Å². The lowest BCUT2D eigenvalue weighted by Crippen LogP contribution is -2.32. The zero-order valence-electron chi connectivity index (χ0n) is 10.1. The molecule has 2 aromatic heterocycles. The Balaban J connectivity index is 2.10. The van der Waals surface area contributed by atoms with Crippen molar-refractivity contribution >= 4 is 0 Å². The van der Waals surface area contributed by atoms with Crippen molar-refractivity contribution in [1.29, 1.82) is 0 Å². The number of aryl methyl sites for hydroxylation is 3. The highest BCUT2D eigenvalue weighted by Crippen LogP contribution is 2.24. The van der Waals surface area contributed by atoms with Crippen LogP contribution in [0.25, 0.3) is 11.4 Å². The Kier molecular flexibility index (Phi) is 2.25. The first kappa shape index (κ1) is 10.5. The van der Waals surface area contributed by atoms with Crippen LogP contribution in [0.1, 0.15) is 17.9 Å². The average molecular weight is 232 g/mol. The largest absolute Gasteiger partial charge is 0.326 e. The third-order valence-electron chi connectivity index (χ3n) is 3.24. The zero-order chi connectivity index (χ0) is 12.0. The van der Waals surface area contributed by atoms with Crippen molar-refractivity contribution in [1.82, 2.24) is 24.5 Å². The molecule has 0 aromatic carbocycles. The molecule has 3 heterocycles. The van der Waals surface area contributed by atoms with Crippen molar-refractivity contribution in [2.45, 2.75) is 32.4 Å². The maximum atomic E-state index is 6.00. The predicted octanol–water partition coefficient (Wildman–Crippen LogP) is 0.261. The van der Waals surface area contributed by atoms with Gasteiger partial charge in [0.25, 0.3) is 0 Å². The molecule has 0 aliphatic carbocycles. The number of aromatic nitrogens is 5. The summed E-state index contributed by atoms with van der Waals surface area (Å²) in [4.78, 5) is 0. The molecule has 1 atom stereocenters. The van der Waals surface area contributed by atoms with Crippen LogP contribution in [0, 0.1) is 6.92 Å². The Morgan fingerprint density at radius 1 is 1.41 bits per heavy atom. The first-order chi connectivity index (χ1) is 8.15. The average Bonchev–Trinajstić information content (AvgIpc) is 2.81. The number of nitrogens with two attached hydrogens (primary N) is 1. The minimum atomic E-state index is 0.203. The molecule has 17 heavy (non-hydrogen) atoms. The van der Waals surface area contributed by atoms with Crippen LogP contribution in [0.5, 0.6) is 0 Å². The molecular weight excluding hydrogens is 216 g/mol. The normalized spacial score (nSPS) is 19.4. The van der Waals surface area contributed by atoms with E-state index in [-0.39, 0.29) is 6.04 Å². The molecule has 3 rings (SSSR count). The highest BCUT2D eigenvalue weighted by Gasteiger charge is 2.22. The first-order valence-corrected chi connectivity index (χ1v) is 5.83. The number of nitrogens with zero attached hydrogens (tertiary/aromatic N) is 5. The third-order valence-corrected chi connectivity index (χ3v) is 3.24. The molecule has 6 nitrogen and oxygen atoms in total. The summed E-state index contributed by atoms with van der Waals surface area (Å²) in [6, 6.07) is 0.203. The molecule has 6 heteroatoms. The second kappa shape index (κ2) is 3.66. The molecule has 1 aliphatic rings. The van der Waals surface area contributed by atoms with Crippen LogP contribution in [-0.2, 0) is 20.0 Å². The fraction of sp³-hybridized carbons (Fsp3) is 0.545. The van der Waals surface area contributed by atoms with E-state index in [4.69, 9.17) is 5.73 Å². The smallest absolute Gasteiger partial charge is 0.167 e. The molecule has 0 saturated heterocycles. The zero-order valence-corrected chi connectivity index (χ0v) is 10.1. The number of hydrogen-bond donors (Lipinski definition) is 1. The fourth-order valence-electron chi connectivity index (χ4n) is 2.37. The van der Waals surface area contributed by atoms with Crippen LogP contribution >= 0.6 is 0 Å². The van der Waals surface area contributed by atoms with Gasteiger partial charge in [0, 0.05) is 32.3 Å². The van der Waals surface area contributed by atoms with Crippen LogP contribution in [0.15, 0.2) is 6.20 Å². The van der Waals surface area contributed by atoms with Gasteiger partial charge in [0.05, 0.1) is 11.3 Å². The van der Waals surface area contributed by atoms with E-state index in [9.17, 15) is 0 Å². The van der Waals surface area contributed by atoms with Crippen LogP contribution < -0.4 is 5.73 Å². The number of fused-ring (bicyclic) bond motifs is 1. The summed E-state index contributed by atoms with van der Waals surface area (Å²) in [5, 5.41) is 12.9. The standard InChI is InChI=1S/C11H16N6/c1-7-9(6-16(2)15-7)11-14-13-10-4-3-8(12)5-17(10)11/h6,8H,3-5,12H2,1-2H3. The lowest BCUT2D eigenvalue weighted by atomic mass is 10.1. The van der Waals surface area contributed by atoms with Crippen molar-refractivity contribution in [3.8, 4) is 11.4 Å². The molecule has 0 spiro atoms. The van der Waals surface area contributed by atoms with E-state index in [0.29, 0.717) is 0 Å². The molecular formula is C11H16N6. The van der Waals surface area contributed by atoms with Gasteiger partial charge in [-0.3, -0.25) is 4.68 Å². The Labute approximate surface area is 99.4 Å². The first-order valence-electron chi connectivity index (χ1n) is 5.83. The Morgan fingerprint density at radius 3 is 2.94 bits per heavy atom. The van der Waals surface area contributed by atoms with E-state index in [0.717, 1.165) is 42.3 Å². The van der Waals surface area contributed by atoms with Gasteiger partial charge < -0.3 is 10.3 Å². The fourth-order valence-corrected chi connectivity index (χ4v) is 2.37. The minimum absolute atomic E-state index is 0.203. The molecule has 0 fully saturated rings. The maximum Gasteiger partial charge on any atom is 0.167 e. The second-order valence-electron chi connectivity index (χ2n) is 4.65. The highest BCUT2D eigenvalue weighted by molar-refractivity contribution is 5.57. The molecule has 0 bridgehead atoms. The van der Waals surface area contributed by atoms with E-state index in [1.54, 1.807) is 4.68 Å². The van der Waals surface area contributed by atoms with Gasteiger partial charge in [-0.1, -0.05) is 0 Å². The van der Waals surface area contributed by atoms with Gasteiger partial charge in [-0.05, 0) is 13.3 Å². The summed E-state index contributed by atoms with van der Waals surface area (Å²) in [5.41, 5.74) is 8.02. The summed E-state index contributed by atoms with van der Waals surface area (Å²) in [6.07, 6.45) is 3.88. The quantitative estimate of drug-likeness (QED) is 0.765. The third kappa shape index (κ3) is 1.64. The van der Waals surface area contributed by atoms with Crippen molar-refractivity contribution in [3.63, 3.8) is 0 Å². The molecule has 2 N–H and O–H groups in total. The molecule has 0 saturated carbocycles. The summed E-state index contributed by atoms with van der Waals surface area (Å²) in [5.74, 6) is 1.92. The second-order valence-corrected chi connectivity index (χ2v) is 4.65. The molecule has 0 radical (unpaired) electrons. The van der Waals surface area contributed by atoms with E-state index < -0.39 is 0 Å². The SMILES string of the molecule is Cc1nn(C)cc1-c1nnc2n1CC(N)CC2. The van der Waals surface area contributed by atoms with E-state index >= 15 is 0 Å². The van der Waals surface area contributed by atoms with Crippen LogP contribution in [-0.4, -0.2) is 30.6 Å². The Bertz CT molecular complexity index is 552. The summed E-state index contributed by atoms with van der Waals surface area (Å²) >= 11 is 0. The van der Waals surface area contributed by atoms with Gasteiger partial charge >= 0.3 is 0 Å². The summed E-state index contributed by atoms with van der Waals surface area (Å²) in [6.45, 7) is 2.78. The van der Waals surface area contributed by atoms with Crippen molar-refractivity contribution < 1.29 is 0 Å². The van der Waals surface area contributed by atoms with Gasteiger partial charge in [-0.15, -0.1) is 10.2 Å². The predicted molar refractivity (Wildman–Crippen MR) is 63.3 cm³/mol. The molecule has 90 valence electrons. The lowest BCUT2D eigenvalue weighted by molar-refractivity contribution is 0.456. The van der Waals surface area contributed by atoms with Crippen molar-refractivity contribution in [2.24, 2.45) is 12.8 Å². The summed E-state index contributed by atoms with van der Waals surface area (Å²) in [7, 11) is 1.91. The van der Waals surface area contributed by atoms with Gasteiger partial charge in [0.2, 0.25) is 0 Å². The van der Waals surface area contributed by atoms with E-state index in [2.05, 4.69) is 19.9 Å². The summed E-state index contributed by atoms with van der Waals surface area (Å²) < 4.78 is 3.92. The van der Waals surface area contributed by atoms with Crippen LogP contribution in [0.2, 0.25) is 0 Å². The Morgan fingerprint density at radius 2 is 2.24 bits per heavy atom. The highest BCUT2D eigenvalue weighted by atomic mass is 15.3. The van der Waals surface area contributed by atoms with Crippen molar-refractivity contribution in [2.75, 3.05) is 0 Å². The van der Waals surface area contributed by atoms with E-state index in [1.807, 2.05) is 20.2 Å². The minimum Gasteiger partial charge on any atom is -0.326 e. The van der Waals surface area contributed by atoms with Gasteiger partial charge in [-0.2, -0.15) is 5.10 Å². The van der Waals surface area contributed by atoms with Gasteiger partial charge in [-0.25, -0.2) is 0 Å². The monoisotopic (exact) mass is 232 g/mol. The van der Waals surface area contributed by atoms with Crippen molar-refractivity contribution in [3.05, 3.63) is 17.7 Å². The Hall–Kier alpha value is -1.69. The maximum absolute atomic E-state index is 6.00. The van der Waals surface area contributed by atoms with Gasteiger partial charge in [0.15, 0.2) is 5.82 Å². The number of rotatable bonds is 1. The van der Waals surface area contributed by atoms with Gasteiger partial charge in [0.1, 0.15) is 5.82 Å². The molecule has 1 aliphatic heterocycles. The van der Waals surface area contributed by atoms with E-state index in [1.165, 1.54) is 0 Å². The molecule has 2 aromatic rings. The molecule has 0 amide bonds. The lowest BCUT2D eigenvalue weighted by Gasteiger charge is -2.20. The number of hydrogen-bond acceptors (Lipinski definition) is 4. The van der Waals surface area contributed by atoms with Crippen LogP contribution in [0.4, 0.5) is 0 Å². The van der Waals surface area contributed by atoms with Crippen LogP contribution in [0.3, 0.4) is 0 Å². The molecule has 1 unspecified atom stereocenters.